The fourth-order valence-corrected chi connectivity index (χ4v) is 2.07. The van der Waals surface area contributed by atoms with Gasteiger partial charge >= 0.3 is 5.97 Å². The van der Waals surface area contributed by atoms with Gasteiger partial charge in [0.15, 0.2) is 5.54 Å². The second kappa shape index (κ2) is 7.37. The number of carboxylic acid groups (broad SMARTS) is 1. The molecule has 1 heterocycles. The molecule has 128 valence electrons. The lowest BCUT2D eigenvalue weighted by Crippen LogP contribution is -2.56. The third-order valence-electron chi connectivity index (χ3n) is 3.16. The molecular weight excluding hydrogens is 338 g/mol. The number of benzene rings is 1. The molecule has 0 aliphatic heterocycles. The van der Waals surface area contributed by atoms with Gasteiger partial charge in [-0.2, -0.15) is 4.80 Å². The van der Waals surface area contributed by atoms with Crippen LogP contribution >= 0.6 is 11.6 Å². The topological polar surface area (TPSA) is 119 Å². The summed E-state index contributed by atoms with van der Waals surface area (Å²) in [5.41, 5.74) is -0.841. The number of aliphatic carboxylic acids is 1. The summed E-state index contributed by atoms with van der Waals surface area (Å²) in [6.07, 6.45) is 0. The van der Waals surface area contributed by atoms with Crippen LogP contribution in [0.5, 0.6) is 0 Å². The van der Waals surface area contributed by atoms with Gasteiger partial charge in [0, 0.05) is 17.7 Å². The number of ether oxygens (including phenoxy) is 1. The average Bonchev–Trinajstić information content (AvgIpc) is 2.96. The van der Waals surface area contributed by atoms with Gasteiger partial charge in [-0.05, 0) is 36.4 Å². The molecule has 1 aromatic carbocycles. The summed E-state index contributed by atoms with van der Waals surface area (Å²) in [6.45, 7) is 0.909. The molecule has 0 saturated heterocycles. The van der Waals surface area contributed by atoms with E-state index in [1.165, 1.54) is 14.0 Å². The predicted molar refractivity (Wildman–Crippen MR) is 84.3 cm³/mol. The molecule has 0 aliphatic carbocycles. The number of aromatic nitrogens is 4. The second-order valence-corrected chi connectivity index (χ2v) is 5.71. The van der Waals surface area contributed by atoms with Crippen molar-refractivity contribution in [1.82, 2.24) is 25.5 Å². The van der Waals surface area contributed by atoms with E-state index in [0.29, 0.717) is 16.4 Å². The summed E-state index contributed by atoms with van der Waals surface area (Å²) >= 11 is 5.81. The SMILES string of the molecule is COCC(C)(NC(=O)Cn1nnc(-c2ccc(Cl)cc2)n1)C(=O)O. The van der Waals surface area contributed by atoms with Crippen LogP contribution in [0.4, 0.5) is 0 Å². The molecule has 0 fully saturated rings. The fraction of sp³-hybridized carbons (Fsp3) is 0.357. The van der Waals surface area contributed by atoms with Crippen molar-refractivity contribution < 1.29 is 19.4 Å². The number of nitrogens with zero attached hydrogens (tertiary/aromatic N) is 4. The Labute approximate surface area is 142 Å². The maximum absolute atomic E-state index is 12.0. The molecule has 10 heteroatoms. The van der Waals surface area contributed by atoms with Gasteiger partial charge in [0.2, 0.25) is 11.7 Å². The Hall–Kier alpha value is -2.52. The lowest BCUT2D eigenvalue weighted by Gasteiger charge is -2.24. The zero-order valence-electron chi connectivity index (χ0n) is 13.1. The fourth-order valence-electron chi connectivity index (χ4n) is 1.94. The van der Waals surface area contributed by atoms with Crippen molar-refractivity contribution in [3.8, 4) is 11.4 Å². The standard InChI is InChI=1S/C14H16ClN5O4/c1-14(8-24-2,13(22)23)16-11(21)7-20-18-12(17-19-20)9-3-5-10(15)6-4-9/h3-6H,7-8H2,1-2H3,(H,16,21)(H,22,23). The number of methoxy groups -OCH3 is 1. The van der Waals surface area contributed by atoms with Crippen LogP contribution in [0.3, 0.4) is 0 Å². The molecule has 0 saturated carbocycles. The molecule has 2 aromatic rings. The molecule has 9 nitrogen and oxygen atoms in total. The quantitative estimate of drug-likeness (QED) is 0.747. The molecular formula is C14H16ClN5O4. The van der Waals surface area contributed by atoms with Gasteiger partial charge in [0.25, 0.3) is 0 Å². The molecule has 2 N–H and O–H groups in total. The van der Waals surface area contributed by atoms with Gasteiger partial charge in [-0.1, -0.05) is 11.6 Å². The molecule has 24 heavy (non-hydrogen) atoms. The molecule has 1 unspecified atom stereocenters. The molecule has 2 rings (SSSR count). The van der Waals surface area contributed by atoms with E-state index in [-0.39, 0.29) is 13.2 Å². The van der Waals surface area contributed by atoms with Gasteiger partial charge < -0.3 is 15.2 Å². The molecule has 1 atom stereocenters. The first-order chi connectivity index (χ1) is 11.3. The van der Waals surface area contributed by atoms with Crippen molar-refractivity contribution >= 4 is 23.5 Å². The average molecular weight is 354 g/mol. The Morgan fingerprint density at radius 2 is 2.04 bits per heavy atom. The summed E-state index contributed by atoms with van der Waals surface area (Å²) in [6, 6.07) is 6.83. The van der Waals surface area contributed by atoms with Crippen molar-refractivity contribution in [2.75, 3.05) is 13.7 Å². The Bertz CT molecular complexity index is 733. The zero-order valence-corrected chi connectivity index (χ0v) is 13.8. The van der Waals surface area contributed by atoms with Gasteiger partial charge in [-0.3, -0.25) is 4.79 Å². The Morgan fingerprint density at radius 1 is 1.38 bits per heavy atom. The van der Waals surface area contributed by atoms with E-state index in [4.69, 9.17) is 16.3 Å². The Balaban J connectivity index is 2.05. The number of halogens is 1. The van der Waals surface area contributed by atoms with Crippen molar-refractivity contribution in [3.05, 3.63) is 29.3 Å². The van der Waals surface area contributed by atoms with Crippen LogP contribution in [0, 0.1) is 0 Å². The van der Waals surface area contributed by atoms with Crippen molar-refractivity contribution in [1.29, 1.82) is 0 Å². The van der Waals surface area contributed by atoms with Crippen LogP contribution in [-0.2, 0) is 20.9 Å². The molecule has 0 spiro atoms. The van der Waals surface area contributed by atoms with E-state index in [1.807, 2.05) is 0 Å². The van der Waals surface area contributed by atoms with Crippen LogP contribution in [-0.4, -0.2) is 56.4 Å². The van der Waals surface area contributed by atoms with Crippen LogP contribution in [0.2, 0.25) is 5.02 Å². The molecule has 0 radical (unpaired) electrons. The highest BCUT2D eigenvalue weighted by molar-refractivity contribution is 6.30. The Kier molecular flexibility index (Phi) is 5.47. The monoisotopic (exact) mass is 353 g/mol. The van der Waals surface area contributed by atoms with Crippen LogP contribution < -0.4 is 5.32 Å². The first-order valence-electron chi connectivity index (χ1n) is 6.91. The van der Waals surface area contributed by atoms with Gasteiger partial charge in [-0.15, -0.1) is 10.2 Å². The molecule has 1 amide bonds. The highest BCUT2D eigenvalue weighted by Crippen LogP contribution is 2.16. The van der Waals surface area contributed by atoms with Gasteiger partial charge in [-0.25, -0.2) is 4.79 Å². The number of hydrogen-bond donors (Lipinski definition) is 2. The number of hydrogen-bond acceptors (Lipinski definition) is 6. The first-order valence-corrected chi connectivity index (χ1v) is 7.29. The Morgan fingerprint density at radius 3 is 2.62 bits per heavy atom. The number of carboxylic acids is 1. The van der Waals surface area contributed by atoms with Crippen LogP contribution in [0.15, 0.2) is 24.3 Å². The number of carbonyl (C=O) groups excluding carboxylic acids is 1. The number of amides is 1. The third kappa shape index (κ3) is 4.27. The van der Waals surface area contributed by atoms with Crippen molar-refractivity contribution in [2.45, 2.75) is 19.0 Å². The summed E-state index contributed by atoms with van der Waals surface area (Å²) in [5.74, 6) is -1.44. The zero-order chi connectivity index (χ0) is 17.7. The minimum Gasteiger partial charge on any atom is -0.479 e. The van der Waals surface area contributed by atoms with E-state index < -0.39 is 17.4 Å². The summed E-state index contributed by atoms with van der Waals surface area (Å²) in [4.78, 5) is 24.4. The molecule has 0 aliphatic rings. The summed E-state index contributed by atoms with van der Waals surface area (Å²) in [5, 5.41) is 23.9. The van der Waals surface area contributed by atoms with E-state index >= 15 is 0 Å². The van der Waals surface area contributed by atoms with Crippen LogP contribution in [0.1, 0.15) is 6.92 Å². The predicted octanol–water partition coefficient (Wildman–Crippen LogP) is 0.599. The normalized spacial score (nSPS) is 13.3. The number of tetrazole rings is 1. The van der Waals surface area contributed by atoms with E-state index in [1.54, 1.807) is 24.3 Å². The van der Waals surface area contributed by atoms with E-state index in [9.17, 15) is 14.7 Å². The lowest BCUT2D eigenvalue weighted by atomic mass is 10.0. The number of carbonyl (C=O) groups is 2. The van der Waals surface area contributed by atoms with E-state index in [0.717, 1.165) is 4.80 Å². The van der Waals surface area contributed by atoms with Crippen molar-refractivity contribution in [2.24, 2.45) is 0 Å². The number of rotatable bonds is 7. The largest absolute Gasteiger partial charge is 0.479 e. The third-order valence-corrected chi connectivity index (χ3v) is 3.41. The summed E-state index contributed by atoms with van der Waals surface area (Å²) in [7, 11) is 1.35. The maximum Gasteiger partial charge on any atom is 0.331 e. The van der Waals surface area contributed by atoms with Gasteiger partial charge in [0.1, 0.15) is 6.54 Å². The minimum absolute atomic E-state index is 0.172. The second-order valence-electron chi connectivity index (χ2n) is 5.27. The minimum atomic E-state index is -1.54. The highest BCUT2D eigenvalue weighted by Gasteiger charge is 2.35. The van der Waals surface area contributed by atoms with Gasteiger partial charge in [0.05, 0.1) is 6.61 Å². The summed E-state index contributed by atoms with van der Waals surface area (Å²) < 4.78 is 4.83. The number of nitrogens with one attached hydrogen (secondary N) is 1. The smallest absolute Gasteiger partial charge is 0.331 e. The van der Waals surface area contributed by atoms with E-state index in [2.05, 4.69) is 20.7 Å². The first kappa shape index (κ1) is 17.8. The highest BCUT2D eigenvalue weighted by atomic mass is 35.5. The maximum atomic E-state index is 12.0. The lowest BCUT2D eigenvalue weighted by molar-refractivity contribution is -0.149. The molecule has 0 bridgehead atoms. The van der Waals surface area contributed by atoms with Crippen LogP contribution in [0.25, 0.3) is 11.4 Å². The molecule has 1 aromatic heterocycles. The van der Waals surface area contributed by atoms with Crippen molar-refractivity contribution in [3.63, 3.8) is 0 Å².